The standard InChI is InChI=1S/C5H9NO3/c1-3-9-4(6)5(7)8-2/h6H,3H2,1-2H3. The fraction of sp³-hybridized carbons (Fsp3) is 0.600. The van der Waals surface area contributed by atoms with Gasteiger partial charge in [-0.15, -0.1) is 0 Å². The third-order valence-corrected chi connectivity index (χ3v) is 0.659. The molecule has 0 amide bonds. The maximum atomic E-state index is 10.3. The van der Waals surface area contributed by atoms with E-state index in [9.17, 15) is 4.79 Å². The van der Waals surface area contributed by atoms with Crippen molar-refractivity contribution in [2.75, 3.05) is 13.7 Å². The first kappa shape index (κ1) is 7.94. The van der Waals surface area contributed by atoms with Crippen LogP contribution in [0.1, 0.15) is 6.92 Å². The van der Waals surface area contributed by atoms with Gasteiger partial charge in [-0.25, -0.2) is 4.79 Å². The Morgan fingerprint density at radius 2 is 2.22 bits per heavy atom. The summed E-state index contributed by atoms with van der Waals surface area (Å²) in [6.07, 6.45) is 0. The lowest BCUT2D eigenvalue weighted by Gasteiger charge is -1.99. The molecule has 0 aromatic rings. The molecule has 0 unspecified atom stereocenters. The lowest BCUT2D eigenvalue weighted by molar-refractivity contribution is -0.134. The van der Waals surface area contributed by atoms with Crippen LogP contribution >= 0.6 is 0 Å². The molecule has 0 heterocycles. The van der Waals surface area contributed by atoms with E-state index in [1.165, 1.54) is 7.11 Å². The molecule has 0 spiro atoms. The van der Waals surface area contributed by atoms with Crippen LogP contribution in [0.4, 0.5) is 0 Å². The second kappa shape index (κ2) is 3.88. The second-order valence-electron chi connectivity index (χ2n) is 1.25. The van der Waals surface area contributed by atoms with Crippen molar-refractivity contribution in [3.63, 3.8) is 0 Å². The van der Waals surface area contributed by atoms with E-state index in [0.717, 1.165) is 0 Å². The average Bonchev–Trinajstić information content (AvgIpc) is 1.87. The van der Waals surface area contributed by atoms with E-state index in [-0.39, 0.29) is 0 Å². The van der Waals surface area contributed by atoms with Crippen molar-refractivity contribution in [2.45, 2.75) is 6.92 Å². The van der Waals surface area contributed by atoms with Crippen molar-refractivity contribution < 1.29 is 14.3 Å². The third kappa shape index (κ3) is 2.69. The van der Waals surface area contributed by atoms with Crippen molar-refractivity contribution in [2.24, 2.45) is 0 Å². The molecule has 0 bridgehead atoms. The minimum absolute atomic E-state index is 0.313. The highest BCUT2D eigenvalue weighted by atomic mass is 16.6. The molecule has 0 aromatic heterocycles. The second-order valence-corrected chi connectivity index (χ2v) is 1.25. The minimum atomic E-state index is -0.739. The average molecular weight is 131 g/mol. The summed E-state index contributed by atoms with van der Waals surface area (Å²) in [4.78, 5) is 10.3. The van der Waals surface area contributed by atoms with E-state index in [1.54, 1.807) is 6.92 Å². The maximum absolute atomic E-state index is 10.3. The van der Waals surface area contributed by atoms with Gasteiger partial charge < -0.3 is 9.47 Å². The normalized spacial score (nSPS) is 8.22. The molecule has 0 rings (SSSR count). The van der Waals surface area contributed by atoms with Crippen LogP contribution in [0.25, 0.3) is 0 Å². The topological polar surface area (TPSA) is 59.4 Å². The Balaban J connectivity index is 3.60. The summed E-state index contributed by atoms with van der Waals surface area (Å²) >= 11 is 0. The molecule has 0 saturated carbocycles. The zero-order valence-electron chi connectivity index (χ0n) is 5.43. The Labute approximate surface area is 53.3 Å². The molecule has 9 heavy (non-hydrogen) atoms. The number of nitrogens with one attached hydrogen (secondary N) is 1. The van der Waals surface area contributed by atoms with Crippen molar-refractivity contribution >= 4 is 11.9 Å². The highest BCUT2D eigenvalue weighted by molar-refractivity contribution is 6.31. The first-order chi connectivity index (χ1) is 4.22. The zero-order valence-corrected chi connectivity index (χ0v) is 5.43. The fourth-order valence-electron chi connectivity index (χ4n) is 0.296. The highest BCUT2D eigenvalue weighted by Gasteiger charge is 2.07. The SMILES string of the molecule is CCOC(=N)C(=O)OC. The summed E-state index contributed by atoms with van der Waals surface area (Å²) in [5.74, 6) is -1.18. The van der Waals surface area contributed by atoms with Crippen LogP contribution in [0.3, 0.4) is 0 Å². The Hall–Kier alpha value is -1.06. The minimum Gasteiger partial charge on any atom is -0.473 e. The molecule has 0 aliphatic rings. The lowest BCUT2D eigenvalue weighted by Crippen LogP contribution is -2.17. The summed E-state index contributed by atoms with van der Waals surface area (Å²) in [7, 11) is 1.20. The number of methoxy groups -OCH3 is 1. The Morgan fingerprint density at radius 3 is 2.56 bits per heavy atom. The third-order valence-electron chi connectivity index (χ3n) is 0.659. The van der Waals surface area contributed by atoms with Crippen LogP contribution in [0.2, 0.25) is 0 Å². The van der Waals surface area contributed by atoms with Gasteiger partial charge in [-0.2, -0.15) is 0 Å². The Bertz CT molecular complexity index is 121. The molecular weight excluding hydrogens is 122 g/mol. The molecule has 0 saturated heterocycles. The quantitative estimate of drug-likeness (QED) is 0.313. The smallest absolute Gasteiger partial charge is 0.393 e. The Kier molecular flexibility index (Phi) is 3.43. The van der Waals surface area contributed by atoms with E-state index in [1.807, 2.05) is 0 Å². The van der Waals surface area contributed by atoms with E-state index in [4.69, 9.17) is 5.41 Å². The van der Waals surface area contributed by atoms with Gasteiger partial charge in [0.05, 0.1) is 13.7 Å². The molecule has 0 aliphatic carbocycles. The molecular formula is C5H9NO3. The van der Waals surface area contributed by atoms with Gasteiger partial charge in [0.15, 0.2) is 0 Å². The van der Waals surface area contributed by atoms with Gasteiger partial charge in [-0.3, -0.25) is 5.41 Å². The van der Waals surface area contributed by atoms with Crippen LogP contribution in [0.15, 0.2) is 0 Å². The highest BCUT2D eigenvalue weighted by Crippen LogP contribution is 1.80. The molecule has 4 heteroatoms. The van der Waals surface area contributed by atoms with E-state index < -0.39 is 11.9 Å². The van der Waals surface area contributed by atoms with Crippen LogP contribution in [-0.4, -0.2) is 25.6 Å². The van der Waals surface area contributed by atoms with Crippen LogP contribution in [0.5, 0.6) is 0 Å². The predicted molar refractivity (Wildman–Crippen MR) is 31.4 cm³/mol. The van der Waals surface area contributed by atoms with Crippen LogP contribution in [-0.2, 0) is 14.3 Å². The lowest BCUT2D eigenvalue weighted by atomic mass is 10.6. The maximum Gasteiger partial charge on any atom is 0.393 e. The number of rotatable bonds is 1. The zero-order chi connectivity index (χ0) is 7.28. The number of carbonyl (C=O) groups is 1. The number of esters is 1. The van der Waals surface area contributed by atoms with Crippen LogP contribution in [0, 0.1) is 5.41 Å². The largest absolute Gasteiger partial charge is 0.473 e. The van der Waals surface area contributed by atoms with Gasteiger partial charge in [-0.1, -0.05) is 0 Å². The number of ether oxygens (including phenoxy) is 2. The number of hydrogen-bond donors (Lipinski definition) is 1. The first-order valence-electron chi connectivity index (χ1n) is 2.52. The summed E-state index contributed by atoms with van der Waals surface area (Å²) < 4.78 is 8.68. The molecule has 1 N–H and O–H groups in total. The van der Waals surface area contributed by atoms with Gasteiger partial charge in [0, 0.05) is 0 Å². The Morgan fingerprint density at radius 1 is 1.67 bits per heavy atom. The van der Waals surface area contributed by atoms with Crippen molar-refractivity contribution in [1.29, 1.82) is 5.41 Å². The predicted octanol–water partition coefficient (Wildman–Crippen LogP) is 0.173. The summed E-state index contributed by atoms with van der Waals surface area (Å²) in [6.45, 7) is 2.01. The van der Waals surface area contributed by atoms with Gasteiger partial charge in [0.25, 0.3) is 5.90 Å². The van der Waals surface area contributed by atoms with Gasteiger partial charge in [0.2, 0.25) is 0 Å². The van der Waals surface area contributed by atoms with Crippen LogP contribution < -0.4 is 0 Å². The monoisotopic (exact) mass is 131 g/mol. The molecule has 0 aromatic carbocycles. The van der Waals surface area contributed by atoms with Gasteiger partial charge in [0.1, 0.15) is 0 Å². The van der Waals surface area contributed by atoms with Gasteiger partial charge >= 0.3 is 5.97 Å². The van der Waals surface area contributed by atoms with E-state index in [0.29, 0.717) is 6.61 Å². The molecule has 4 nitrogen and oxygen atoms in total. The van der Waals surface area contributed by atoms with Crippen molar-refractivity contribution in [1.82, 2.24) is 0 Å². The van der Waals surface area contributed by atoms with Crippen molar-refractivity contribution in [3.8, 4) is 0 Å². The fourth-order valence-corrected chi connectivity index (χ4v) is 0.296. The number of hydrogen-bond acceptors (Lipinski definition) is 4. The van der Waals surface area contributed by atoms with Gasteiger partial charge in [-0.05, 0) is 6.92 Å². The first-order valence-corrected chi connectivity index (χ1v) is 2.52. The van der Waals surface area contributed by atoms with Crippen molar-refractivity contribution in [3.05, 3.63) is 0 Å². The molecule has 0 radical (unpaired) electrons. The summed E-state index contributed by atoms with van der Waals surface area (Å²) in [5, 5.41) is 6.80. The molecule has 52 valence electrons. The van der Waals surface area contributed by atoms with E-state index >= 15 is 0 Å². The molecule has 0 fully saturated rings. The number of carbonyl (C=O) groups excluding carboxylic acids is 1. The summed E-state index contributed by atoms with van der Waals surface area (Å²) in [6, 6.07) is 0. The molecule has 0 atom stereocenters. The molecule has 0 aliphatic heterocycles. The van der Waals surface area contributed by atoms with E-state index in [2.05, 4.69) is 9.47 Å². The summed E-state index contributed by atoms with van der Waals surface area (Å²) in [5.41, 5.74) is 0.